The fraction of sp³-hybridized carbons (Fsp3) is 0.429. The predicted octanol–water partition coefficient (Wildman–Crippen LogP) is 0.517. The molecule has 1 aliphatic rings. The average Bonchev–Trinajstić information content (AvgIpc) is 2.53. The smallest absolute Gasteiger partial charge is 0.343 e. The van der Waals surface area contributed by atoms with Gasteiger partial charge in [0.05, 0.1) is 7.11 Å². The van der Waals surface area contributed by atoms with Gasteiger partial charge in [-0.2, -0.15) is 0 Å². The van der Waals surface area contributed by atoms with Crippen molar-refractivity contribution in [2.24, 2.45) is 0 Å². The van der Waals surface area contributed by atoms with Crippen molar-refractivity contribution in [1.29, 1.82) is 0 Å². The van der Waals surface area contributed by atoms with Gasteiger partial charge in [-0.3, -0.25) is 4.79 Å². The van der Waals surface area contributed by atoms with Gasteiger partial charge in [-0.15, -0.1) is 0 Å². The fourth-order valence-electron chi connectivity index (χ4n) is 2.04. The molecule has 1 amide bonds. The Bertz CT molecular complexity index is 453. The summed E-state index contributed by atoms with van der Waals surface area (Å²) in [6, 6.07) is 7.54. The molecule has 1 fully saturated rings. The third-order valence-corrected chi connectivity index (χ3v) is 3.25. The minimum absolute atomic E-state index is 0.0894. The number of rotatable bonds is 5. The monoisotopic (exact) mass is 278 g/mol. The van der Waals surface area contributed by atoms with Crippen molar-refractivity contribution in [1.82, 2.24) is 4.90 Å². The highest BCUT2D eigenvalue weighted by molar-refractivity contribution is 5.70. The number of esters is 1. The number of methoxy groups -OCH3 is 1. The Hall–Kier alpha value is -2.24. The Morgan fingerprint density at radius 3 is 2.40 bits per heavy atom. The van der Waals surface area contributed by atoms with Gasteiger partial charge in [0.1, 0.15) is 5.75 Å². The Balaban J connectivity index is 1.88. The molecule has 0 N–H and O–H groups in total. The van der Waals surface area contributed by atoms with Crippen LogP contribution in [0.5, 0.6) is 5.75 Å². The highest BCUT2D eigenvalue weighted by atomic mass is 16.6. The first-order valence-electron chi connectivity index (χ1n) is 6.47. The third-order valence-electron chi connectivity index (χ3n) is 3.25. The molecule has 1 aromatic rings. The maximum absolute atomic E-state index is 11.0. The Morgan fingerprint density at radius 1 is 1.20 bits per heavy atom. The van der Waals surface area contributed by atoms with Crippen LogP contribution in [0.15, 0.2) is 24.3 Å². The van der Waals surface area contributed by atoms with Crippen molar-refractivity contribution in [3.63, 3.8) is 0 Å². The van der Waals surface area contributed by atoms with E-state index in [1.807, 2.05) is 24.3 Å². The van der Waals surface area contributed by atoms with Gasteiger partial charge in [-0.25, -0.2) is 4.79 Å². The normalized spacial score (nSPS) is 14.8. The second-order valence-electron chi connectivity index (χ2n) is 4.49. The lowest BCUT2D eigenvalue weighted by atomic mass is 10.2. The summed E-state index contributed by atoms with van der Waals surface area (Å²) in [5.74, 6) is 0.227. The minimum Gasteiger partial charge on any atom is -0.482 e. The second kappa shape index (κ2) is 6.79. The number of hydrogen-bond donors (Lipinski definition) is 0. The van der Waals surface area contributed by atoms with Crippen molar-refractivity contribution >= 4 is 18.1 Å². The van der Waals surface area contributed by atoms with E-state index in [0.29, 0.717) is 5.75 Å². The summed E-state index contributed by atoms with van der Waals surface area (Å²) in [7, 11) is 1.33. The summed E-state index contributed by atoms with van der Waals surface area (Å²) < 4.78 is 9.79. The summed E-state index contributed by atoms with van der Waals surface area (Å²) >= 11 is 0. The number of carbonyl (C=O) groups is 2. The van der Waals surface area contributed by atoms with Crippen LogP contribution in [0.1, 0.15) is 0 Å². The number of benzene rings is 1. The lowest BCUT2D eigenvalue weighted by Crippen LogP contribution is -2.45. The number of anilines is 1. The van der Waals surface area contributed by atoms with E-state index in [-0.39, 0.29) is 6.61 Å². The molecule has 1 aromatic carbocycles. The zero-order valence-electron chi connectivity index (χ0n) is 11.4. The molecular formula is C14H18N2O4. The molecule has 1 heterocycles. The fourth-order valence-corrected chi connectivity index (χ4v) is 2.04. The highest BCUT2D eigenvalue weighted by Gasteiger charge is 2.15. The van der Waals surface area contributed by atoms with E-state index in [1.54, 1.807) is 4.90 Å². The minimum atomic E-state index is -0.404. The molecule has 0 aromatic heterocycles. The van der Waals surface area contributed by atoms with Gasteiger partial charge >= 0.3 is 5.97 Å². The first-order valence-corrected chi connectivity index (χ1v) is 6.47. The first kappa shape index (κ1) is 14.2. The number of nitrogens with zero attached hydrogens (tertiary/aromatic N) is 2. The van der Waals surface area contributed by atoms with Crippen LogP contribution < -0.4 is 9.64 Å². The molecule has 6 nitrogen and oxygen atoms in total. The molecule has 0 aliphatic carbocycles. The zero-order chi connectivity index (χ0) is 14.4. The number of hydrogen-bond acceptors (Lipinski definition) is 5. The summed E-state index contributed by atoms with van der Waals surface area (Å²) in [5.41, 5.74) is 1.08. The standard InChI is InChI=1S/C14H18N2O4/c1-19-14(18)10-20-13-4-2-12(3-5-13)16-8-6-15(11-17)7-9-16/h2-5,11H,6-10H2,1H3. The lowest BCUT2D eigenvalue weighted by Gasteiger charge is -2.34. The van der Waals surface area contributed by atoms with E-state index in [0.717, 1.165) is 38.3 Å². The highest BCUT2D eigenvalue weighted by Crippen LogP contribution is 2.20. The number of amides is 1. The molecule has 2 rings (SSSR count). The predicted molar refractivity (Wildman–Crippen MR) is 73.8 cm³/mol. The van der Waals surface area contributed by atoms with Crippen LogP contribution in [0.2, 0.25) is 0 Å². The molecule has 0 saturated carbocycles. The maximum atomic E-state index is 11.0. The van der Waals surface area contributed by atoms with Crippen molar-refractivity contribution in [3.8, 4) is 5.75 Å². The molecule has 20 heavy (non-hydrogen) atoms. The molecule has 0 spiro atoms. The molecule has 1 saturated heterocycles. The Kier molecular flexibility index (Phi) is 4.81. The van der Waals surface area contributed by atoms with Crippen LogP contribution in [0.3, 0.4) is 0 Å². The van der Waals surface area contributed by atoms with Gasteiger partial charge in [0, 0.05) is 31.9 Å². The molecule has 1 aliphatic heterocycles. The molecule has 6 heteroatoms. The summed E-state index contributed by atoms with van der Waals surface area (Å²) in [6.07, 6.45) is 0.890. The van der Waals surface area contributed by atoms with E-state index in [1.165, 1.54) is 7.11 Å². The van der Waals surface area contributed by atoms with Gasteiger partial charge in [-0.1, -0.05) is 0 Å². The number of carbonyl (C=O) groups excluding carboxylic acids is 2. The van der Waals surface area contributed by atoms with Crippen molar-refractivity contribution in [2.75, 3.05) is 44.8 Å². The molecule has 0 unspecified atom stereocenters. The summed E-state index contributed by atoms with van der Waals surface area (Å²) in [5, 5.41) is 0. The topological polar surface area (TPSA) is 59.1 Å². The van der Waals surface area contributed by atoms with E-state index < -0.39 is 5.97 Å². The molecular weight excluding hydrogens is 260 g/mol. The van der Waals surface area contributed by atoms with Crippen LogP contribution in [0.25, 0.3) is 0 Å². The second-order valence-corrected chi connectivity index (χ2v) is 4.49. The van der Waals surface area contributed by atoms with Crippen LogP contribution in [0.4, 0.5) is 5.69 Å². The van der Waals surface area contributed by atoms with Gasteiger partial charge in [0.15, 0.2) is 6.61 Å². The van der Waals surface area contributed by atoms with Crippen LogP contribution >= 0.6 is 0 Å². The van der Waals surface area contributed by atoms with Gasteiger partial charge in [0.25, 0.3) is 0 Å². The van der Waals surface area contributed by atoms with Gasteiger partial charge in [-0.05, 0) is 24.3 Å². The van der Waals surface area contributed by atoms with Crippen molar-refractivity contribution in [3.05, 3.63) is 24.3 Å². The molecule has 108 valence electrons. The first-order chi connectivity index (χ1) is 9.72. The largest absolute Gasteiger partial charge is 0.482 e. The lowest BCUT2D eigenvalue weighted by molar-refractivity contribution is -0.142. The van der Waals surface area contributed by atoms with Gasteiger partial charge < -0.3 is 19.3 Å². The van der Waals surface area contributed by atoms with Crippen molar-refractivity contribution < 1.29 is 19.1 Å². The van der Waals surface area contributed by atoms with Crippen LogP contribution in [-0.2, 0) is 14.3 Å². The molecule has 0 radical (unpaired) electrons. The van der Waals surface area contributed by atoms with E-state index in [9.17, 15) is 9.59 Å². The molecule has 0 bridgehead atoms. The van der Waals surface area contributed by atoms with E-state index >= 15 is 0 Å². The third kappa shape index (κ3) is 3.63. The van der Waals surface area contributed by atoms with E-state index in [2.05, 4.69) is 9.64 Å². The summed E-state index contributed by atoms with van der Waals surface area (Å²) in [6.45, 7) is 3.03. The van der Waals surface area contributed by atoms with Crippen molar-refractivity contribution in [2.45, 2.75) is 0 Å². The zero-order valence-corrected chi connectivity index (χ0v) is 11.4. The van der Waals surface area contributed by atoms with Crippen LogP contribution in [-0.4, -0.2) is 57.2 Å². The SMILES string of the molecule is COC(=O)COc1ccc(N2CCN(C=O)CC2)cc1. The average molecular weight is 278 g/mol. The quantitative estimate of drug-likeness (QED) is 0.580. The number of ether oxygens (including phenoxy) is 2. The number of piperazine rings is 1. The molecule has 0 atom stereocenters. The maximum Gasteiger partial charge on any atom is 0.343 e. The Labute approximate surface area is 117 Å². The van der Waals surface area contributed by atoms with E-state index in [4.69, 9.17) is 4.74 Å². The van der Waals surface area contributed by atoms with Gasteiger partial charge in [0.2, 0.25) is 6.41 Å². The summed E-state index contributed by atoms with van der Waals surface area (Å²) in [4.78, 5) is 25.6. The van der Waals surface area contributed by atoms with Crippen LogP contribution in [0, 0.1) is 0 Å². The Morgan fingerprint density at radius 2 is 1.85 bits per heavy atom.